The van der Waals surface area contributed by atoms with Crippen molar-refractivity contribution in [3.8, 4) is 22.4 Å². The van der Waals surface area contributed by atoms with Gasteiger partial charge in [-0.15, -0.1) is 0 Å². The smallest absolute Gasteiger partial charge is 0.308 e. The number of cyclic esters (lactones) is 1. The fourth-order valence-corrected chi connectivity index (χ4v) is 4.81. The summed E-state index contributed by atoms with van der Waals surface area (Å²) in [7, 11) is 0. The number of nitrogen functional groups attached to an aromatic ring is 1. The SMILES string of the molecule is CC(C)c1cc(-c2ccccc2)c(-c2ccc(F)cc2)n1CC[C@@H]1C[C@@H](O)CC(=O)O1.Nc1ccccc1. The molecule has 0 saturated carbocycles. The van der Waals surface area contributed by atoms with Crippen molar-refractivity contribution in [2.45, 2.75) is 57.8 Å². The number of para-hydroxylation sites is 1. The summed E-state index contributed by atoms with van der Waals surface area (Å²) in [4.78, 5) is 11.8. The number of benzene rings is 3. The lowest BCUT2D eigenvalue weighted by Gasteiger charge is -2.27. The van der Waals surface area contributed by atoms with Gasteiger partial charge in [-0.1, -0.05) is 62.4 Å². The molecule has 1 aliphatic rings. The van der Waals surface area contributed by atoms with Crippen molar-refractivity contribution in [1.82, 2.24) is 4.57 Å². The fourth-order valence-electron chi connectivity index (χ4n) is 4.81. The Hall–Kier alpha value is -3.90. The molecule has 1 saturated heterocycles. The number of esters is 1. The lowest BCUT2D eigenvalue weighted by atomic mass is 10.0. The molecule has 0 radical (unpaired) electrons. The van der Waals surface area contributed by atoms with E-state index in [9.17, 15) is 14.3 Å². The van der Waals surface area contributed by atoms with Crippen LogP contribution in [-0.2, 0) is 16.1 Å². The van der Waals surface area contributed by atoms with E-state index in [0.717, 1.165) is 28.1 Å². The minimum absolute atomic E-state index is 0.0657. The van der Waals surface area contributed by atoms with Gasteiger partial charge < -0.3 is 20.1 Å². The number of carbonyl (C=O) groups excluding carboxylic acids is 1. The minimum atomic E-state index is -0.642. The monoisotopic (exact) mass is 514 g/mol. The Morgan fingerprint density at radius 3 is 2.16 bits per heavy atom. The number of anilines is 1. The Kier molecular flexibility index (Phi) is 8.98. The van der Waals surface area contributed by atoms with Gasteiger partial charge in [-0.25, -0.2) is 4.39 Å². The van der Waals surface area contributed by atoms with Crippen LogP contribution in [0.15, 0.2) is 91.0 Å². The maximum absolute atomic E-state index is 13.6. The van der Waals surface area contributed by atoms with E-state index in [1.54, 1.807) is 0 Å². The van der Waals surface area contributed by atoms with Gasteiger partial charge >= 0.3 is 5.97 Å². The quantitative estimate of drug-likeness (QED) is 0.219. The number of aliphatic hydroxyl groups is 1. The van der Waals surface area contributed by atoms with E-state index in [1.807, 2.05) is 60.7 Å². The zero-order valence-electron chi connectivity index (χ0n) is 21.9. The van der Waals surface area contributed by atoms with Crippen LogP contribution in [0.1, 0.15) is 44.7 Å². The third-order valence-electron chi connectivity index (χ3n) is 6.63. The highest BCUT2D eigenvalue weighted by Crippen LogP contribution is 2.38. The Morgan fingerprint density at radius 2 is 1.61 bits per heavy atom. The molecule has 5 rings (SSSR count). The van der Waals surface area contributed by atoms with Gasteiger partial charge in [0.2, 0.25) is 0 Å². The van der Waals surface area contributed by atoms with Gasteiger partial charge in [0.1, 0.15) is 11.9 Å². The number of aliphatic hydroxyl groups excluding tert-OH is 1. The van der Waals surface area contributed by atoms with Gasteiger partial charge in [0, 0.05) is 36.3 Å². The summed E-state index contributed by atoms with van der Waals surface area (Å²) < 4.78 is 21.4. The standard InChI is InChI=1S/C26H28FNO3.C6H7N/c1-17(2)24-16-23(18-6-4-3-5-7-18)26(19-8-10-20(27)11-9-19)28(24)13-12-22-14-21(29)15-25(30)31-22;7-6-4-2-1-3-5-6/h3-11,16-17,21-22,29H,12-15H2,1-2H3;1-5H,7H2/t21-,22-;/m1./s1. The van der Waals surface area contributed by atoms with Crippen LogP contribution in [0.5, 0.6) is 0 Å². The van der Waals surface area contributed by atoms with Gasteiger partial charge in [-0.3, -0.25) is 4.79 Å². The summed E-state index contributed by atoms with van der Waals surface area (Å²) in [6.07, 6.45) is 0.189. The topological polar surface area (TPSA) is 77.5 Å². The normalized spacial score (nSPS) is 17.0. The molecule has 38 heavy (non-hydrogen) atoms. The Bertz CT molecular complexity index is 1320. The van der Waals surface area contributed by atoms with Crippen LogP contribution in [0, 0.1) is 5.82 Å². The zero-order valence-corrected chi connectivity index (χ0v) is 21.9. The second kappa shape index (κ2) is 12.6. The molecule has 2 atom stereocenters. The maximum atomic E-state index is 13.6. The molecule has 4 aromatic rings. The van der Waals surface area contributed by atoms with Crippen LogP contribution in [0.2, 0.25) is 0 Å². The Morgan fingerprint density at radius 1 is 0.974 bits per heavy atom. The first-order valence-electron chi connectivity index (χ1n) is 13.0. The van der Waals surface area contributed by atoms with Crippen molar-refractivity contribution in [1.29, 1.82) is 0 Å². The molecule has 0 aliphatic carbocycles. The number of halogens is 1. The lowest BCUT2D eigenvalue weighted by molar-refractivity contribution is -0.160. The van der Waals surface area contributed by atoms with Crippen molar-refractivity contribution in [3.63, 3.8) is 0 Å². The minimum Gasteiger partial charge on any atom is -0.462 e. The van der Waals surface area contributed by atoms with Crippen molar-refractivity contribution >= 4 is 11.7 Å². The predicted octanol–water partition coefficient (Wildman–Crippen LogP) is 6.81. The van der Waals surface area contributed by atoms with E-state index in [1.165, 1.54) is 17.8 Å². The first-order chi connectivity index (χ1) is 18.3. The summed E-state index contributed by atoms with van der Waals surface area (Å²) in [6.45, 7) is 4.94. The van der Waals surface area contributed by atoms with Crippen molar-refractivity contribution in [3.05, 3.63) is 103 Å². The summed E-state index contributed by atoms with van der Waals surface area (Å²) in [6, 6.07) is 28.4. The highest BCUT2D eigenvalue weighted by molar-refractivity contribution is 5.83. The average molecular weight is 515 g/mol. The first-order valence-corrected chi connectivity index (χ1v) is 13.0. The third kappa shape index (κ3) is 6.90. The zero-order chi connectivity index (χ0) is 27.1. The Labute approximate surface area is 223 Å². The summed E-state index contributed by atoms with van der Waals surface area (Å²) in [5, 5.41) is 9.96. The Balaban J connectivity index is 0.000000417. The van der Waals surface area contributed by atoms with E-state index in [0.29, 0.717) is 19.4 Å². The number of hydrogen-bond acceptors (Lipinski definition) is 4. The highest BCUT2D eigenvalue weighted by atomic mass is 19.1. The van der Waals surface area contributed by atoms with E-state index in [4.69, 9.17) is 10.5 Å². The molecule has 0 amide bonds. The molecule has 3 N–H and O–H groups in total. The van der Waals surface area contributed by atoms with E-state index >= 15 is 0 Å². The number of rotatable bonds is 6. The largest absolute Gasteiger partial charge is 0.462 e. The molecule has 0 spiro atoms. The van der Waals surface area contributed by atoms with Crippen LogP contribution in [0.25, 0.3) is 22.4 Å². The molecule has 198 valence electrons. The molecular weight excluding hydrogens is 479 g/mol. The molecule has 0 unspecified atom stereocenters. The van der Waals surface area contributed by atoms with Crippen LogP contribution < -0.4 is 5.73 Å². The molecular formula is C32H35FN2O3. The molecule has 1 aliphatic heterocycles. The van der Waals surface area contributed by atoms with Gasteiger partial charge in [0.25, 0.3) is 0 Å². The molecule has 0 bridgehead atoms. The molecule has 2 heterocycles. The molecule has 6 heteroatoms. The number of carbonyl (C=O) groups is 1. The molecule has 1 aromatic heterocycles. The van der Waals surface area contributed by atoms with Crippen molar-refractivity contribution < 1.29 is 19.0 Å². The number of nitrogens with two attached hydrogens (primary N) is 1. The number of aromatic nitrogens is 1. The van der Waals surface area contributed by atoms with Crippen molar-refractivity contribution in [2.24, 2.45) is 0 Å². The van der Waals surface area contributed by atoms with Gasteiger partial charge in [-0.05, 0) is 59.5 Å². The highest BCUT2D eigenvalue weighted by Gasteiger charge is 2.28. The second-order valence-electron chi connectivity index (χ2n) is 9.92. The maximum Gasteiger partial charge on any atom is 0.308 e. The molecule has 5 nitrogen and oxygen atoms in total. The molecule has 1 fully saturated rings. The second-order valence-corrected chi connectivity index (χ2v) is 9.92. The van der Waals surface area contributed by atoms with E-state index in [2.05, 4.69) is 36.6 Å². The van der Waals surface area contributed by atoms with E-state index < -0.39 is 6.10 Å². The number of ether oxygens (including phenoxy) is 1. The molecule has 3 aromatic carbocycles. The van der Waals surface area contributed by atoms with Crippen LogP contribution in [-0.4, -0.2) is 27.9 Å². The van der Waals surface area contributed by atoms with Gasteiger partial charge in [-0.2, -0.15) is 0 Å². The van der Waals surface area contributed by atoms with E-state index in [-0.39, 0.29) is 30.2 Å². The summed E-state index contributed by atoms with van der Waals surface area (Å²) in [5.74, 6) is -0.337. The van der Waals surface area contributed by atoms with Crippen LogP contribution in [0.3, 0.4) is 0 Å². The summed E-state index contributed by atoms with van der Waals surface area (Å²) in [5.41, 5.74) is 11.5. The van der Waals surface area contributed by atoms with Gasteiger partial charge in [0.15, 0.2) is 0 Å². The average Bonchev–Trinajstić information content (AvgIpc) is 3.29. The van der Waals surface area contributed by atoms with Crippen molar-refractivity contribution in [2.75, 3.05) is 5.73 Å². The summed E-state index contributed by atoms with van der Waals surface area (Å²) >= 11 is 0. The first kappa shape index (κ1) is 27.1. The fraction of sp³-hybridized carbons (Fsp3) is 0.281. The third-order valence-corrected chi connectivity index (χ3v) is 6.63. The lowest BCUT2D eigenvalue weighted by Crippen LogP contribution is -2.33. The van der Waals surface area contributed by atoms with Crippen LogP contribution >= 0.6 is 0 Å². The number of nitrogens with zero attached hydrogens (tertiary/aromatic N) is 1. The number of hydrogen-bond donors (Lipinski definition) is 2. The predicted molar refractivity (Wildman–Crippen MR) is 150 cm³/mol. The van der Waals surface area contributed by atoms with Crippen LogP contribution in [0.4, 0.5) is 10.1 Å². The van der Waals surface area contributed by atoms with Gasteiger partial charge in [0.05, 0.1) is 18.2 Å².